The number of carbonyl (C=O) groups excluding carboxylic acids is 1. The summed E-state index contributed by atoms with van der Waals surface area (Å²) in [5.41, 5.74) is 4.05. The molecule has 4 rings (SSSR count). The van der Waals surface area contributed by atoms with Crippen molar-refractivity contribution in [1.82, 2.24) is 19.9 Å². The number of aromatic amines is 1. The van der Waals surface area contributed by atoms with Crippen LogP contribution in [0.2, 0.25) is 10.5 Å². The van der Waals surface area contributed by atoms with Gasteiger partial charge in [-0.25, -0.2) is 0 Å². The van der Waals surface area contributed by atoms with Crippen LogP contribution >= 0.6 is 11.6 Å². The van der Waals surface area contributed by atoms with E-state index in [2.05, 4.69) is 39.3 Å². The summed E-state index contributed by atoms with van der Waals surface area (Å²) in [7, 11) is 0. The Morgan fingerprint density at radius 2 is 2.10 bits per heavy atom. The summed E-state index contributed by atoms with van der Waals surface area (Å²) in [5, 5.41) is 2.66. The molecule has 3 aromatic rings. The molecule has 0 spiro atoms. The predicted molar refractivity (Wildman–Crippen MR) is 121 cm³/mol. The number of benzene rings is 1. The summed E-state index contributed by atoms with van der Waals surface area (Å²) in [6, 6.07) is 8.39. The molecule has 0 aliphatic carbocycles. The maximum absolute atomic E-state index is 12.4. The number of ether oxygens (including phenoxy) is 1. The van der Waals surface area contributed by atoms with Gasteiger partial charge in [0, 0.05) is 0 Å². The Balaban J connectivity index is 1.45. The van der Waals surface area contributed by atoms with Crippen LogP contribution < -0.4 is 4.48 Å². The zero-order valence-electron chi connectivity index (χ0n) is 17.5. The average Bonchev–Trinajstić information content (AvgIpc) is 3.09. The molecule has 0 fully saturated rings. The molecule has 1 unspecified atom stereocenters. The van der Waals surface area contributed by atoms with Crippen molar-refractivity contribution in [3.8, 4) is 0 Å². The fraction of sp³-hybridized carbons (Fsp3) is 0.409. The summed E-state index contributed by atoms with van der Waals surface area (Å²) in [4.78, 5) is 26.5. The quantitative estimate of drug-likeness (QED) is 0.450. The van der Waals surface area contributed by atoms with Crippen molar-refractivity contribution in [2.45, 2.75) is 51.0 Å². The summed E-state index contributed by atoms with van der Waals surface area (Å²) >= 11 is 5.77. The summed E-state index contributed by atoms with van der Waals surface area (Å²) in [6.07, 6.45) is 3.57. The number of para-hydroxylation sites is 1. The van der Waals surface area contributed by atoms with Gasteiger partial charge in [0.1, 0.15) is 0 Å². The monoisotopic (exact) mass is 488 g/mol. The topological polar surface area (TPSA) is 71.1 Å². The van der Waals surface area contributed by atoms with Crippen LogP contribution in [0.25, 0.3) is 10.9 Å². The molecular weight excluding hydrogens is 463 g/mol. The van der Waals surface area contributed by atoms with E-state index in [1.807, 2.05) is 26.8 Å². The van der Waals surface area contributed by atoms with Gasteiger partial charge in [0.25, 0.3) is 0 Å². The fourth-order valence-corrected chi connectivity index (χ4v) is 6.74. The second kappa shape index (κ2) is 8.60. The molecule has 30 heavy (non-hydrogen) atoms. The molecule has 1 amide bonds. The number of aromatic nitrogens is 3. The van der Waals surface area contributed by atoms with Gasteiger partial charge in [0.05, 0.1) is 0 Å². The summed E-state index contributed by atoms with van der Waals surface area (Å²) in [6.45, 7) is 6.67. The van der Waals surface area contributed by atoms with Gasteiger partial charge in [-0.15, -0.1) is 0 Å². The van der Waals surface area contributed by atoms with Crippen LogP contribution in [0.15, 0.2) is 30.5 Å². The first-order valence-electron chi connectivity index (χ1n) is 10.1. The number of hydrogen-bond acceptors (Lipinski definition) is 4. The first-order chi connectivity index (χ1) is 14.3. The number of hydrogen-bond donors (Lipinski definition) is 1. The zero-order valence-corrected chi connectivity index (χ0v) is 20.3. The van der Waals surface area contributed by atoms with Gasteiger partial charge in [-0.3, -0.25) is 0 Å². The molecule has 1 aliphatic heterocycles. The van der Waals surface area contributed by atoms with E-state index in [1.54, 1.807) is 4.90 Å². The normalized spacial score (nSPS) is 14.5. The second-order valence-corrected chi connectivity index (χ2v) is 11.6. The van der Waals surface area contributed by atoms with E-state index < -0.39 is 21.4 Å². The number of amides is 1. The maximum atomic E-state index is 12.4. The van der Waals surface area contributed by atoms with Crippen molar-refractivity contribution in [2.24, 2.45) is 0 Å². The van der Waals surface area contributed by atoms with E-state index in [0.717, 1.165) is 28.2 Å². The molecule has 6 nitrogen and oxygen atoms in total. The van der Waals surface area contributed by atoms with Crippen molar-refractivity contribution < 1.29 is 9.53 Å². The predicted octanol–water partition coefficient (Wildman–Crippen LogP) is 3.63. The third-order valence-corrected chi connectivity index (χ3v) is 7.84. The van der Waals surface area contributed by atoms with Gasteiger partial charge in [-0.1, -0.05) is 0 Å². The zero-order chi connectivity index (χ0) is 21.3. The molecule has 3 heterocycles. The Kier molecular flexibility index (Phi) is 6.08. The molecule has 0 radical (unpaired) electrons. The van der Waals surface area contributed by atoms with Crippen molar-refractivity contribution >= 4 is 48.8 Å². The van der Waals surface area contributed by atoms with Gasteiger partial charge in [-0.2, -0.15) is 0 Å². The van der Waals surface area contributed by atoms with Crippen LogP contribution in [0.4, 0.5) is 4.79 Å². The Labute approximate surface area is 188 Å². The molecule has 0 saturated heterocycles. The second-order valence-electron chi connectivity index (χ2n) is 8.45. The number of aryl methyl sites for hydroxylation is 1. The van der Waals surface area contributed by atoms with Crippen molar-refractivity contribution in [3.05, 3.63) is 52.6 Å². The number of rotatable bonds is 4. The SMILES string of the molecule is CC(C)(C)OC(=O)N1CCc2c(nc(Cl)nc2[AsH]CCc2c[nH]c3ccccc23)C1. The molecule has 0 bridgehead atoms. The molecule has 158 valence electrons. The van der Waals surface area contributed by atoms with Crippen molar-refractivity contribution in [2.75, 3.05) is 6.54 Å². The first kappa shape index (κ1) is 21.2. The van der Waals surface area contributed by atoms with Gasteiger partial charge in [-0.05, 0) is 0 Å². The minimum absolute atomic E-state index is 0.269. The Hall–Kier alpha value is -2.04. The molecule has 1 aliphatic rings. The Bertz CT molecular complexity index is 1080. The van der Waals surface area contributed by atoms with Crippen LogP contribution in [-0.4, -0.2) is 53.8 Å². The number of carbonyl (C=O) groups is 1. The molecule has 8 heteroatoms. The van der Waals surface area contributed by atoms with Gasteiger partial charge in [0.2, 0.25) is 0 Å². The van der Waals surface area contributed by atoms with Crippen molar-refractivity contribution in [1.29, 1.82) is 0 Å². The number of nitrogens with zero attached hydrogens (tertiary/aromatic N) is 3. The summed E-state index contributed by atoms with van der Waals surface area (Å²) in [5.74, 6) is 0. The van der Waals surface area contributed by atoms with Crippen LogP contribution in [0.3, 0.4) is 0 Å². The van der Waals surface area contributed by atoms with E-state index in [9.17, 15) is 4.79 Å². The van der Waals surface area contributed by atoms with E-state index >= 15 is 0 Å². The number of H-pyrrole nitrogens is 1. The first-order valence-corrected chi connectivity index (χ1v) is 13.0. The van der Waals surface area contributed by atoms with E-state index in [1.165, 1.54) is 22.0 Å². The Morgan fingerprint density at radius 3 is 2.90 bits per heavy atom. The fourth-order valence-electron chi connectivity index (χ4n) is 3.68. The third-order valence-electron chi connectivity index (χ3n) is 5.05. The van der Waals surface area contributed by atoms with Gasteiger partial charge in [0.15, 0.2) is 0 Å². The van der Waals surface area contributed by atoms with E-state index in [-0.39, 0.29) is 11.4 Å². The van der Waals surface area contributed by atoms with Crippen LogP contribution in [0.1, 0.15) is 37.6 Å². The van der Waals surface area contributed by atoms with Gasteiger partial charge >= 0.3 is 188 Å². The Morgan fingerprint density at radius 1 is 1.30 bits per heavy atom. The molecule has 1 atom stereocenters. The van der Waals surface area contributed by atoms with E-state index in [0.29, 0.717) is 13.1 Å². The number of nitrogens with one attached hydrogen (secondary N) is 1. The van der Waals surface area contributed by atoms with Crippen LogP contribution in [-0.2, 0) is 24.1 Å². The van der Waals surface area contributed by atoms with E-state index in [4.69, 9.17) is 16.3 Å². The standard InChI is InChI=1S/C22H26AsClN4O2/c1-22(2,3)30-21(29)28-11-9-16-18(13-28)26-20(24)27-19(16)23-10-8-14-12-25-17-7-5-4-6-15(14)17/h4-7,12,23,25H,8-11,13H2,1-3H3. The molecule has 0 saturated carbocycles. The molecule has 1 aromatic carbocycles. The third kappa shape index (κ3) is 4.81. The molecule has 2 aromatic heterocycles. The molecule has 1 N–H and O–H groups in total. The number of fused-ring (bicyclic) bond motifs is 2. The van der Waals surface area contributed by atoms with Crippen LogP contribution in [0, 0.1) is 0 Å². The summed E-state index contributed by atoms with van der Waals surface area (Å²) < 4.78 is 6.63. The van der Waals surface area contributed by atoms with Gasteiger partial charge < -0.3 is 0 Å². The number of halogens is 1. The average molecular weight is 489 g/mol. The molecular formula is C22H26AsClN4O2. The van der Waals surface area contributed by atoms with Crippen molar-refractivity contribution in [3.63, 3.8) is 0 Å². The minimum atomic E-state index is -0.513. The van der Waals surface area contributed by atoms with Crippen LogP contribution in [0.5, 0.6) is 0 Å².